The first-order valence-corrected chi connectivity index (χ1v) is 8.35. The molecule has 0 saturated carbocycles. The third kappa shape index (κ3) is 1.95. The highest BCUT2D eigenvalue weighted by molar-refractivity contribution is 6.10. The molecule has 2 aliphatic heterocycles. The predicted molar refractivity (Wildman–Crippen MR) is 96.3 cm³/mol. The van der Waals surface area contributed by atoms with Crippen LogP contribution in [0.25, 0.3) is 0 Å². The lowest BCUT2D eigenvalue weighted by atomic mass is 9.64. The van der Waals surface area contributed by atoms with Crippen LogP contribution in [0.3, 0.4) is 0 Å². The minimum Gasteiger partial charge on any atom is -0.497 e. The number of rotatable bonds is 3. The number of methoxy groups -OCH3 is 2. The molecule has 1 aromatic rings. The Bertz CT molecular complexity index is 773. The number of hydrogen-bond acceptors (Lipinski definition) is 4. The number of aliphatic imine (C=N–C) groups is 1. The van der Waals surface area contributed by atoms with E-state index in [1.807, 2.05) is 24.4 Å². The summed E-state index contributed by atoms with van der Waals surface area (Å²) in [7, 11) is 3.41. The van der Waals surface area contributed by atoms with Gasteiger partial charge >= 0.3 is 0 Å². The van der Waals surface area contributed by atoms with Crippen LogP contribution in [0.2, 0.25) is 0 Å². The van der Waals surface area contributed by atoms with Gasteiger partial charge in [-0.2, -0.15) is 0 Å². The van der Waals surface area contributed by atoms with E-state index in [4.69, 9.17) is 9.47 Å². The average Bonchev–Trinajstić information content (AvgIpc) is 3.07. The molecule has 4 heteroatoms. The van der Waals surface area contributed by atoms with Gasteiger partial charge in [0.05, 0.1) is 25.3 Å². The molecule has 0 N–H and O–H groups in total. The molecule has 0 amide bonds. The third-order valence-corrected chi connectivity index (χ3v) is 5.44. The van der Waals surface area contributed by atoms with Crippen molar-refractivity contribution >= 4 is 11.4 Å². The van der Waals surface area contributed by atoms with E-state index in [0.717, 1.165) is 30.2 Å². The van der Waals surface area contributed by atoms with Crippen molar-refractivity contribution in [1.29, 1.82) is 0 Å². The normalized spacial score (nSPS) is 27.7. The van der Waals surface area contributed by atoms with Crippen molar-refractivity contribution in [1.82, 2.24) is 0 Å². The molecular formula is C20H22N2O2. The van der Waals surface area contributed by atoms with Gasteiger partial charge in [-0.3, -0.25) is 4.99 Å². The minimum absolute atomic E-state index is 0.182. The lowest BCUT2D eigenvalue weighted by Gasteiger charge is -2.49. The van der Waals surface area contributed by atoms with Crippen LogP contribution in [-0.2, 0) is 4.74 Å². The fourth-order valence-corrected chi connectivity index (χ4v) is 4.09. The molecule has 4 rings (SSSR count). The fourth-order valence-electron chi connectivity index (χ4n) is 4.09. The Morgan fingerprint density at radius 2 is 1.92 bits per heavy atom. The molecule has 1 aromatic carbocycles. The Hall–Kier alpha value is -2.49. The molecule has 0 radical (unpaired) electrons. The predicted octanol–water partition coefficient (Wildman–Crippen LogP) is 3.92. The van der Waals surface area contributed by atoms with E-state index < -0.39 is 0 Å². The SMILES string of the molecule is COC1=CC=C2N(c3ccc(OC)cc3)CCC(C)C23C=CN=C13. The Labute approximate surface area is 142 Å². The van der Waals surface area contributed by atoms with Gasteiger partial charge in [-0.15, -0.1) is 0 Å². The molecule has 1 saturated heterocycles. The molecule has 2 heterocycles. The number of hydrogen-bond donors (Lipinski definition) is 0. The second-order valence-electron chi connectivity index (χ2n) is 6.49. The van der Waals surface area contributed by atoms with Crippen LogP contribution < -0.4 is 9.64 Å². The lowest BCUT2D eigenvalue weighted by molar-refractivity contribution is 0.287. The zero-order valence-corrected chi connectivity index (χ0v) is 14.3. The van der Waals surface area contributed by atoms with Crippen molar-refractivity contribution in [3.8, 4) is 5.75 Å². The van der Waals surface area contributed by atoms with Gasteiger partial charge in [-0.25, -0.2) is 0 Å². The van der Waals surface area contributed by atoms with Crippen LogP contribution in [-0.4, -0.2) is 26.5 Å². The molecule has 2 atom stereocenters. The molecule has 1 fully saturated rings. The van der Waals surface area contributed by atoms with Crippen LogP contribution in [0.4, 0.5) is 5.69 Å². The van der Waals surface area contributed by atoms with E-state index in [0.29, 0.717) is 5.92 Å². The molecule has 0 aromatic heterocycles. The van der Waals surface area contributed by atoms with Crippen LogP contribution in [0.5, 0.6) is 5.75 Å². The van der Waals surface area contributed by atoms with Gasteiger partial charge in [0, 0.05) is 24.1 Å². The molecule has 124 valence electrons. The summed E-state index contributed by atoms with van der Waals surface area (Å²) < 4.78 is 10.9. The fraction of sp³-hybridized carbons (Fsp3) is 0.350. The smallest absolute Gasteiger partial charge is 0.141 e. The summed E-state index contributed by atoms with van der Waals surface area (Å²) in [6.07, 6.45) is 9.49. The number of allylic oxidation sites excluding steroid dienone is 4. The highest BCUT2D eigenvalue weighted by Gasteiger charge is 2.51. The summed E-state index contributed by atoms with van der Waals surface area (Å²) in [6.45, 7) is 3.31. The van der Waals surface area contributed by atoms with Crippen LogP contribution in [0, 0.1) is 11.3 Å². The molecular weight excluding hydrogens is 300 g/mol. The van der Waals surface area contributed by atoms with Crippen molar-refractivity contribution in [2.45, 2.75) is 13.3 Å². The Morgan fingerprint density at radius 3 is 2.62 bits per heavy atom. The van der Waals surface area contributed by atoms with Crippen molar-refractivity contribution in [2.75, 3.05) is 25.7 Å². The molecule has 4 nitrogen and oxygen atoms in total. The largest absolute Gasteiger partial charge is 0.497 e. The van der Waals surface area contributed by atoms with Gasteiger partial charge in [0.2, 0.25) is 0 Å². The van der Waals surface area contributed by atoms with Gasteiger partial charge in [-0.1, -0.05) is 6.92 Å². The Morgan fingerprint density at radius 1 is 1.12 bits per heavy atom. The van der Waals surface area contributed by atoms with Crippen molar-refractivity contribution in [3.05, 3.63) is 60.1 Å². The summed E-state index contributed by atoms with van der Waals surface area (Å²) in [5.74, 6) is 2.22. The maximum absolute atomic E-state index is 5.58. The number of piperidine rings is 1. The number of ether oxygens (including phenoxy) is 2. The van der Waals surface area contributed by atoms with Gasteiger partial charge in [-0.05, 0) is 54.8 Å². The summed E-state index contributed by atoms with van der Waals surface area (Å²) in [5, 5.41) is 0. The highest BCUT2D eigenvalue weighted by Crippen LogP contribution is 2.52. The summed E-state index contributed by atoms with van der Waals surface area (Å²) in [5.41, 5.74) is 3.31. The van der Waals surface area contributed by atoms with E-state index in [1.54, 1.807) is 14.2 Å². The van der Waals surface area contributed by atoms with E-state index in [2.05, 4.69) is 41.1 Å². The first-order valence-electron chi connectivity index (χ1n) is 8.35. The monoisotopic (exact) mass is 322 g/mol. The maximum atomic E-state index is 5.58. The molecule has 2 unspecified atom stereocenters. The summed E-state index contributed by atoms with van der Waals surface area (Å²) in [6, 6.07) is 8.27. The van der Waals surface area contributed by atoms with Crippen molar-refractivity contribution < 1.29 is 9.47 Å². The Balaban J connectivity index is 1.81. The van der Waals surface area contributed by atoms with Gasteiger partial charge in [0.25, 0.3) is 0 Å². The topological polar surface area (TPSA) is 34.1 Å². The van der Waals surface area contributed by atoms with E-state index in [-0.39, 0.29) is 5.41 Å². The molecule has 3 aliphatic rings. The molecule has 0 bridgehead atoms. The third-order valence-electron chi connectivity index (χ3n) is 5.44. The standard InChI is InChI=1S/C20H22N2O2/c1-14-10-13-22(15-4-6-16(23-2)7-5-15)18-9-8-17(24-3)19-20(14,18)11-12-21-19/h4-9,11-12,14H,10,13H2,1-3H3. The van der Waals surface area contributed by atoms with Gasteiger partial charge < -0.3 is 14.4 Å². The summed E-state index contributed by atoms with van der Waals surface area (Å²) in [4.78, 5) is 7.04. The minimum atomic E-state index is -0.182. The van der Waals surface area contributed by atoms with E-state index >= 15 is 0 Å². The number of nitrogens with zero attached hydrogens (tertiary/aromatic N) is 2. The van der Waals surface area contributed by atoms with Gasteiger partial charge in [0.15, 0.2) is 0 Å². The van der Waals surface area contributed by atoms with E-state index in [9.17, 15) is 0 Å². The summed E-state index contributed by atoms with van der Waals surface area (Å²) >= 11 is 0. The molecule has 1 aliphatic carbocycles. The average molecular weight is 322 g/mol. The van der Waals surface area contributed by atoms with Crippen LogP contribution in [0.1, 0.15) is 13.3 Å². The van der Waals surface area contributed by atoms with Crippen molar-refractivity contribution in [2.24, 2.45) is 16.3 Å². The lowest BCUT2D eigenvalue weighted by Crippen LogP contribution is -2.50. The zero-order valence-electron chi connectivity index (χ0n) is 14.3. The first-order chi connectivity index (χ1) is 11.7. The quantitative estimate of drug-likeness (QED) is 0.846. The molecule has 24 heavy (non-hydrogen) atoms. The Kier molecular flexibility index (Phi) is 3.48. The maximum Gasteiger partial charge on any atom is 0.141 e. The molecule has 1 spiro atoms. The highest BCUT2D eigenvalue weighted by atomic mass is 16.5. The van der Waals surface area contributed by atoms with Crippen LogP contribution in [0.15, 0.2) is 65.1 Å². The number of benzene rings is 1. The van der Waals surface area contributed by atoms with Gasteiger partial charge in [0.1, 0.15) is 11.5 Å². The second kappa shape index (κ2) is 5.55. The first kappa shape index (κ1) is 15.1. The van der Waals surface area contributed by atoms with Crippen molar-refractivity contribution in [3.63, 3.8) is 0 Å². The second-order valence-corrected chi connectivity index (χ2v) is 6.49. The van der Waals surface area contributed by atoms with E-state index in [1.165, 1.54) is 11.4 Å². The zero-order chi connectivity index (χ0) is 16.7. The van der Waals surface area contributed by atoms with Crippen LogP contribution >= 0.6 is 0 Å². The number of anilines is 1.